The third-order valence-electron chi connectivity index (χ3n) is 14.8. The number of nitrogens with two attached hydrogens (primary N) is 1. The van der Waals surface area contributed by atoms with E-state index < -0.39 is 145 Å². The van der Waals surface area contributed by atoms with Gasteiger partial charge >= 0.3 is 52.5 Å². The van der Waals surface area contributed by atoms with Gasteiger partial charge in [0, 0.05) is 25.6 Å². The first-order valence-electron chi connectivity index (χ1n) is 29.8. The number of halogens is 23. The maximum absolute atomic E-state index is 13.9. The molecule has 0 atom stereocenters. The Morgan fingerprint density at radius 3 is 1.14 bits per heavy atom. The fourth-order valence-electron chi connectivity index (χ4n) is 9.66. The molecule has 0 aliphatic heterocycles. The average Bonchev–Trinajstić information content (AvgIpc) is 0.793. The summed E-state index contributed by atoms with van der Waals surface area (Å²) in [5.41, 5.74) is 3.82. The summed E-state index contributed by atoms with van der Waals surface area (Å²) in [6.07, 6.45) is -8.11. The van der Waals surface area contributed by atoms with Crippen molar-refractivity contribution in [3.63, 3.8) is 0 Å². The van der Waals surface area contributed by atoms with Gasteiger partial charge in [-0.05, 0) is 128 Å². The summed E-state index contributed by atoms with van der Waals surface area (Å²) in [6.45, 7) is 0. The van der Waals surface area contributed by atoms with E-state index in [1.807, 2.05) is 0 Å². The Balaban J connectivity index is 0.000000238. The highest BCUT2D eigenvalue weighted by molar-refractivity contribution is 9.10. The summed E-state index contributed by atoms with van der Waals surface area (Å²) in [7, 11) is -13.5. The van der Waals surface area contributed by atoms with E-state index in [9.17, 15) is 109 Å². The Morgan fingerprint density at radius 1 is 0.426 bits per heavy atom. The van der Waals surface area contributed by atoms with Crippen LogP contribution in [0.3, 0.4) is 0 Å². The molecular formula is C72H47BBrCl3F19N4O12S3. The predicted octanol–water partition coefficient (Wildman–Crippen LogP) is 23.1. The second-order valence-electron chi connectivity index (χ2n) is 21.9. The minimum absolute atomic E-state index is 0. The van der Waals surface area contributed by atoms with Crippen molar-refractivity contribution < 1.29 is 136 Å². The topological polar surface area (TPSA) is 240 Å². The van der Waals surface area contributed by atoms with Crippen molar-refractivity contribution in [2.45, 2.75) is 55.5 Å². The molecule has 2 heterocycles. The molecule has 13 rings (SSSR count). The van der Waals surface area contributed by atoms with E-state index in [4.69, 9.17) is 50.0 Å². The standard InChI is InChI=1S/C23H9ClF8O3S.C20H12ClF3N2O3S.C16H6BrF5O3S.C7H4BClF3O2.C3H4N2O.3CH4/c24-16-9-11(23(30,31)32)4-6-15(16)14-3-1-2-10-8-12(5-7-13(10)14)36(33,34)35-22-20(28)18(26)17(25)19(27)21(22)29;21-18-11-13(20(22,23)24)4-6-17(18)16-3-1-2-12-10-14(5-7-15(12)16)30(27,28)26-19-25-8-9-29-19;17-10-3-1-2-7-6-8(4-5-9(7)10)26(23,24)25-16-14(21)12(19)11(18)13(20)15(16)22;9-5-3-4(7(10,11)12)1-2-6(5)14-8-13;4-3-5-1-2-6-3;;;/h1-9H;1-11H,(H,25,26);1-6H;1-3,13H;1-2H,(H2,4,5);3*1H4. The Kier molecular flexibility index (Phi) is 30.4. The van der Waals surface area contributed by atoms with Crippen LogP contribution in [0.5, 0.6) is 17.2 Å². The van der Waals surface area contributed by atoms with Crippen LogP contribution in [0.15, 0.2) is 217 Å². The minimum atomic E-state index is -5.09. The van der Waals surface area contributed by atoms with Crippen molar-refractivity contribution in [3.05, 3.63) is 283 Å². The fraction of sp³-hybridized carbons (Fsp3) is 0.0833. The molecule has 11 aromatic carbocycles. The highest BCUT2D eigenvalue weighted by Gasteiger charge is 2.36. The zero-order valence-corrected chi connectivity index (χ0v) is 60.6. The lowest BCUT2D eigenvalue weighted by atomic mass is 9.97. The molecule has 0 amide bonds. The first kappa shape index (κ1) is 93.4. The molecule has 0 bridgehead atoms. The third-order valence-corrected chi connectivity index (χ3v) is 20.2. The van der Waals surface area contributed by atoms with Gasteiger partial charge in [-0.3, -0.25) is 0 Å². The molecule has 0 aliphatic rings. The van der Waals surface area contributed by atoms with Gasteiger partial charge in [0.2, 0.25) is 69.7 Å². The molecule has 16 nitrogen and oxygen atoms in total. The van der Waals surface area contributed by atoms with Crippen LogP contribution < -0.4 is 23.5 Å². The summed E-state index contributed by atoms with van der Waals surface area (Å²) >= 11 is 20.9. The van der Waals surface area contributed by atoms with Gasteiger partial charge in [-0.15, -0.1) is 0 Å². The third kappa shape index (κ3) is 21.7. The molecule has 13 aromatic rings. The van der Waals surface area contributed by atoms with Crippen LogP contribution in [0.25, 0.3) is 54.6 Å². The van der Waals surface area contributed by atoms with E-state index in [1.54, 1.807) is 42.5 Å². The zero-order chi connectivity index (χ0) is 82.5. The molecule has 0 saturated heterocycles. The summed E-state index contributed by atoms with van der Waals surface area (Å²) in [4.78, 5) is 6.01. The first-order chi connectivity index (χ1) is 52.3. The number of fused-ring (bicyclic) bond motifs is 3. The highest BCUT2D eigenvalue weighted by atomic mass is 79.9. The average molecular weight is 1810 g/mol. The van der Waals surface area contributed by atoms with Gasteiger partial charge in [-0.1, -0.05) is 152 Å². The number of sulfonamides is 1. The lowest BCUT2D eigenvalue weighted by molar-refractivity contribution is -0.138. The number of aromatic nitrogens is 2. The number of alkyl halides is 9. The molecule has 0 aliphatic carbocycles. The van der Waals surface area contributed by atoms with Crippen molar-refractivity contribution in [2.75, 3.05) is 10.5 Å². The minimum Gasteiger partial charge on any atom is -0.536 e. The van der Waals surface area contributed by atoms with Gasteiger partial charge in [0.1, 0.15) is 28.1 Å². The molecule has 115 heavy (non-hydrogen) atoms. The van der Waals surface area contributed by atoms with E-state index in [2.05, 4.69) is 48.1 Å². The van der Waals surface area contributed by atoms with Gasteiger partial charge in [0.05, 0.1) is 39.0 Å². The van der Waals surface area contributed by atoms with E-state index in [1.165, 1.54) is 73.5 Å². The van der Waals surface area contributed by atoms with Crippen LogP contribution >= 0.6 is 50.7 Å². The molecule has 609 valence electrons. The smallest absolute Gasteiger partial charge is 0.536 e. The predicted molar refractivity (Wildman–Crippen MR) is 392 cm³/mol. The van der Waals surface area contributed by atoms with Crippen LogP contribution in [0.1, 0.15) is 39.0 Å². The number of hydrogen-bond donors (Lipinski definition) is 3. The number of nitrogens with zero attached hydrogens (tertiary/aromatic N) is 2. The second kappa shape index (κ2) is 37.4. The second-order valence-corrected chi connectivity index (χ2v) is 28.8. The van der Waals surface area contributed by atoms with Crippen molar-refractivity contribution in [2.24, 2.45) is 0 Å². The van der Waals surface area contributed by atoms with Gasteiger partial charge in [-0.25, -0.2) is 49.5 Å². The number of nitrogen functional groups attached to an aromatic ring is 1. The number of oxazole rings is 2. The number of nitrogens with one attached hydrogen (secondary N) is 1. The van der Waals surface area contributed by atoms with Crippen LogP contribution in [0.4, 0.5) is 95.4 Å². The SMILES string of the molecule is C.C.C.Nc1ncco1.O=S(=O)(Nc1ncco1)c1ccc2c(-c3ccc(C(F)(F)F)cc3Cl)cccc2c1.O=S(=O)(Oc1c(F)c(F)c(F)c(F)c1F)c1ccc2c(-c3ccc(C(F)(F)F)cc3Cl)cccc2c1.O=S(=O)(Oc1c(F)c(F)c(F)c(F)c1F)c1ccc2c(Br)cccc2c1.O[B]Oc1ccc(C(F)(F)F)cc1Cl. The summed E-state index contributed by atoms with van der Waals surface area (Å²) in [5.74, 6) is -28.0. The first-order valence-corrected chi connectivity index (χ1v) is 36.0. The monoisotopic (exact) mass is 1810 g/mol. The Bertz CT molecular complexity index is 6030. The number of anilines is 2. The normalized spacial score (nSPS) is 11.5. The lowest BCUT2D eigenvalue weighted by Crippen LogP contribution is -2.14. The Hall–Kier alpha value is -10.5. The molecule has 43 heteroatoms. The van der Waals surface area contributed by atoms with Crippen LogP contribution in [-0.4, -0.2) is 47.9 Å². The van der Waals surface area contributed by atoms with Crippen molar-refractivity contribution in [3.8, 4) is 39.5 Å². The molecule has 0 fully saturated rings. The van der Waals surface area contributed by atoms with E-state index in [0.29, 0.717) is 55.8 Å². The fourth-order valence-corrected chi connectivity index (χ4v) is 13.9. The molecule has 1 radical (unpaired) electrons. The Labute approximate surface area is 663 Å². The van der Waals surface area contributed by atoms with Crippen molar-refractivity contribution in [1.82, 2.24) is 9.97 Å². The van der Waals surface area contributed by atoms with Crippen molar-refractivity contribution in [1.29, 1.82) is 0 Å². The van der Waals surface area contributed by atoms with E-state index in [-0.39, 0.29) is 71.0 Å². The molecule has 0 unspecified atom stereocenters. The summed E-state index contributed by atoms with van der Waals surface area (Å²) in [6, 6.07) is 33.9. The van der Waals surface area contributed by atoms with Crippen LogP contribution in [0.2, 0.25) is 15.1 Å². The molecule has 2 aromatic heterocycles. The number of benzene rings is 11. The molecule has 0 saturated carbocycles. The maximum Gasteiger partial charge on any atom is 0.569 e. The van der Waals surface area contributed by atoms with E-state index in [0.717, 1.165) is 72.8 Å². The largest absolute Gasteiger partial charge is 0.569 e. The van der Waals surface area contributed by atoms with Gasteiger partial charge < -0.3 is 32.6 Å². The van der Waals surface area contributed by atoms with Gasteiger partial charge in [0.25, 0.3) is 16.0 Å². The lowest BCUT2D eigenvalue weighted by Gasteiger charge is -2.13. The van der Waals surface area contributed by atoms with E-state index >= 15 is 0 Å². The van der Waals surface area contributed by atoms with Crippen molar-refractivity contribution >= 4 is 133 Å². The van der Waals surface area contributed by atoms with Crippen LogP contribution in [-0.2, 0) is 48.8 Å². The quantitative estimate of drug-likeness (QED) is 0.0320. The zero-order valence-electron chi connectivity index (χ0n) is 54.3. The summed E-state index contributed by atoms with van der Waals surface area (Å²) < 4.78 is 348. The Morgan fingerprint density at radius 2 is 0.783 bits per heavy atom. The molecule has 0 spiro atoms. The molecular weight excluding hydrogens is 1770 g/mol. The van der Waals surface area contributed by atoms with Crippen LogP contribution in [0, 0.1) is 58.2 Å². The molecule has 4 N–H and O–H groups in total. The summed E-state index contributed by atoms with van der Waals surface area (Å²) in [5, 5.41) is 10.5. The number of hydrogen-bond acceptors (Lipinski definition) is 15. The highest BCUT2D eigenvalue weighted by Crippen LogP contribution is 2.43. The number of rotatable bonds is 13. The maximum atomic E-state index is 13.9. The van der Waals surface area contributed by atoms with Gasteiger partial charge in [0.15, 0.2) is 0 Å². The van der Waals surface area contributed by atoms with Gasteiger partial charge in [-0.2, -0.15) is 73.9 Å².